The number of halogens is 4. The first-order valence-corrected chi connectivity index (χ1v) is 12.0. The molecule has 1 N–H and O–H groups in total. The molecule has 0 bridgehead atoms. The van der Waals surface area contributed by atoms with Crippen LogP contribution in [0.3, 0.4) is 0 Å². The quantitative estimate of drug-likeness (QED) is 0.581. The first-order valence-electron chi connectivity index (χ1n) is 10.1. The van der Waals surface area contributed by atoms with Crippen molar-refractivity contribution in [2.24, 2.45) is 4.99 Å². The van der Waals surface area contributed by atoms with Crippen molar-refractivity contribution in [2.75, 3.05) is 38.2 Å². The second-order valence-electron chi connectivity index (χ2n) is 7.43. The lowest BCUT2D eigenvalue weighted by molar-refractivity contribution is -0.136. The van der Waals surface area contributed by atoms with Crippen LogP contribution in [-0.4, -0.2) is 59.9 Å². The average Bonchev–Trinajstić information content (AvgIpc) is 2.79. The number of amidine groups is 1. The molecule has 0 amide bonds. The molecule has 1 atom stereocenters. The van der Waals surface area contributed by atoms with Gasteiger partial charge in [-0.3, -0.25) is 9.89 Å². The summed E-state index contributed by atoms with van der Waals surface area (Å²) in [6.45, 7) is 1.98. The van der Waals surface area contributed by atoms with Gasteiger partial charge in [0.1, 0.15) is 23.4 Å². The molecule has 33 heavy (non-hydrogen) atoms. The number of rotatable bonds is 5. The molecule has 2 aromatic rings. The highest BCUT2D eigenvalue weighted by Gasteiger charge is 2.35. The fraction of sp³-hybridized carbons (Fsp3) is 0.318. The Kier molecular flexibility index (Phi) is 7.40. The van der Waals surface area contributed by atoms with E-state index in [1.54, 1.807) is 0 Å². The van der Waals surface area contributed by atoms with Gasteiger partial charge in [0.15, 0.2) is 11.7 Å². The van der Waals surface area contributed by atoms with Gasteiger partial charge < -0.3 is 10.1 Å². The molecule has 2 aliphatic rings. The molecular weight excluding hydrogens is 521 g/mol. The number of nitrogens with zero attached hydrogens (tertiary/aromatic N) is 3. The van der Waals surface area contributed by atoms with Crippen molar-refractivity contribution >= 4 is 39.5 Å². The fourth-order valence-electron chi connectivity index (χ4n) is 3.71. The Hall–Kier alpha value is -2.37. The van der Waals surface area contributed by atoms with Gasteiger partial charge in [0.05, 0.1) is 18.9 Å². The lowest BCUT2D eigenvalue weighted by atomic mass is 9.95. The molecule has 1 unspecified atom stereocenters. The van der Waals surface area contributed by atoms with E-state index in [0.29, 0.717) is 22.3 Å². The van der Waals surface area contributed by atoms with Gasteiger partial charge in [0, 0.05) is 47.4 Å². The molecule has 2 aliphatic heterocycles. The Bertz CT molecular complexity index is 1140. The van der Waals surface area contributed by atoms with Crippen LogP contribution >= 0.6 is 27.7 Å². The van der Waals surface area contributed by atoms with Crippen LogP contribution in [0, 0.1) is 17.5 Å². The van der Waals surface area contributed by atoms with Crippen molar-refractivity contribution in [3.05, 3.63) is 74.9 Å². The predicted molar refractivity (Wildman–Crippen MR) is 123 cm³/mol. The number of pyridine rings is 1. The highest BCUT2D eigenvalue weighted by Crippen LogP contribution is 2.37. The van der Waals surface area contributed by atoms with Gasteiger partial charge in [-0.15, -0.1) is 0 Å². The number of methoxy groups -OCH3 is 1. The van der Waals surface area contributed by atoms with Crippen LogP contribution in [-0.2, 0) is 9.53 Å². The first kappa shape index (κ1) is 23.8. The predicted octanol–water partition coefficient (Wildman–Crippen LogP) is 3.83. The summed E-state index contributed by atoms with van der Waals surface area (Å²) in [6, 6.07) is 3.81. The van der Waals surface area contributed by atoms with Crippen LogP contribution in [0.2, 0.25) is 0 Å². The minimum Gasteiger partial charge on any atom is -0.466 e. The first-order chi connectivity index (χ1) is 15.9. The third kappa shape index (κ3) is 5.25. The average molecular weight is 541 g/mol. The molecular formula is C22H20BrF3N4O2S. The number of benzene rings is 1. The largest absolute Gasteiger partial charge is 0.466 e. The molecule has 6 nitrogen and oxygen atoms in total. The van der Waals surface area contributed by atoms with Crippen LogP contribution in [0.1, 0.15) is 17.3 Å². The van der Waals surface area contributed by atoms with Gasteiger partial charge in [-0.25, -0.2) is 22.9 Å². The number of ether oxygens (including phenoxy) is 1. The van der Waals surface area contributed by atoms with Crippen molar-refractivity contribution < 1.29 is 22.7 Å². The summed E-state index contributed by atoms with van der Waals surface area (Å²) in [7, 11) is 1.27. The summed E-state index contributed by atoms with van der Waals surface area (Å²) < 4.78 is 47.3. The molecule has 3 heterocycles. The van der Waals surface area contributed by atoms with Crippen LogP contribution in [0.25, 0.3) is 0 Å². The molecule has 1 saturated heterocycles. The molecule has 174 valence electrons. The topological polar surface area (TPSA) is 66.8 Å². The van der Waals surface area contributed by atoms with Gasteiger partial charge >= 0.3 is 5.97 Å². The van der Waals surface area contributed by atoms with E-state index in [1.165, 1.54) is 25.3 Å². The Morgan fingerprint density at radius 2 is 2.00 bits per heavy atom. The van der Waals surface area contributed by atoms with Gasteiger partial charge in [-0.2, -0.15) is 11.8 Å². The number of aliphatic imine (C=N–C) groups is 1. The Balaban J connectivity index is 1.85. The van der Waals surface area contributed by atoms with Crippen molar-refractivity contribution in [1.29, 1.82) is 0 Å². The summed E-state index contributed by atoms with van der Waals surface area (Å²) in [4.78, 5) is 23.5. The normalized spacial score (nSPS) is 19.2. The van der Waals surface area contributed by atoms with E-state index in [0.717, 1.165) is 36.9 Å². The fourth-order valence-corrected chi connectivity index (χ4v) is 5.26. The summed E-state index contributed by atoms with van der Waals surface area (Å²) >= 11 is 5.19. The summed E-state index contributed by atoms with van der Waals surface area (Å²) in [5, 5.41) is 3.04. The number of carbonyl (C=O) groups excluding carboxylic acids is 1. The van der Waals surface area contributed by atoms with E-state index in [2.05, 4.69) is 36.1 Å². The summed E-state index contributed by atoms with van der Waals surface area (Å²) in [5.41, 5.74) is 1.01. The maximum atomic E-state index is 14.6. The summed E-state index contributed by atoms with van der Waals surface area (Å²) in [6.07, 6.45) is 0.895. The zero-order valence-corrected chi connectivity index (χ0v) is 20.0. The minimum absolute atomic E-state index is 0.0442. The zero-order chi connectivity index (χ0) is 23.5. The van der Waals surface area contributed by atoms with E-state index in [4.69, 9.17) is 4.74 Å². The molecule has 1 aromatic carbocycles. The van der Waals surface area contributed by atoms with Crippen molar-refractivity contribution in [3.8, 4) is 0 Å². The van der Waals surface area contributed by atoms with E-state index in [9.17, 15) is 18.0 Å². The number of thioether (sulfide) groups is 1. The zero-order valence-electron chi connectivity index (χ0n) is 17.6. The standard InChI is InChI=1S/C22H20BrF3N4O2S/c1-32-22(31)18-17(11-30-4-6-33-7-5-30)28-21(20-16(26)9-13(25)10-27-20)29-19(18)14-3-2-12(24)8-15(14)23/h2-3,8-10,19H,4-7,11H2,1H3,(H,28,29). The highest BCUT2D eigenvalue weighted by molar-refractivity contribution is 9.10. The number of hydrogen-bond acceptors (Lipinski definition) is 7. The van der Waals surface area contributed by atoms with E-state index in [-0.39, 0.29) is 17.1 Å². The lowest BCUT2D eigenvalue weighted by Gasteiger charge is -2.32. The van der Waals surface area contributed by atoms with Crippen LogP contribution in [0.4, 0.5) is 13.2 Å². The SMILES string of the molecule is COC(=O)C1=C(CN2CCSCC2)NC(c2ncc(F)cc2F)=NC1c1ccc(F)cc1Br. The molecule has 11 heteroatoms. The molecule has 1 aromatic heterocycles. The summed E-state index contributed by atoms with van der Waals surface area (Å²) in [5.74, 6) is -0.852. The molecule has 4 rings (SSSR count). The Labute approximate surface area is 201 Å². The van der Waals surface area contributed by atoms with Crippen LogP contribution < -0.4 is 5.32 Å². The second kappa shape index (κ2) is 10.3. The van der Waals surface area contributed by atoms with Crippen LogP contribution in [0.15, 0.2) is 51.2 Å². The van der Waals surface area contributed by atoms with Gasteiger partial charge in [-0.1, -0.05) is 22.0 Å². The number of hydrogen-bond donors (Lipinski definition) is 1. The van der Waals surface area contributed by atoms with Crippen molar-refractivity contribution in [1.82, 2.24) is 15.2 Å². The third-order valence-corrected chi connectivity index (χ3v) is 6.94. The number of nitrogens with one attached hydrogen (secondary N) is 1. The molecule has 1 fully saturated rings. The van der Waals surface area contributed by atoms with Gasteiger partial charge in [-0.05, 0) is 17.7 Å². The van der Waals surface area contributed by atoms with Crippen LogP contribution in [0.5, 0.6) is 0 Å². The molecule has 0 radical (unpaired) electrons. The third-order valence-electron chi connectivity index (χ3n) is 5.31. The highest BCUT2D eigenvalue weighted by atomic mass is 79.9. The van der Waals surface area contributed by atoms with E-state index in [1.807, 2.05) is 11.8 Å². The van der Waals surface area contributed by atoms with Gasteiger partial charge in [0.2, 0.25) is 0 Å². The monoisotopic (exact) mass is 540 g/mol. The maximum absolute atomic E-state index is 14.6. The maximum Gasteiger partial charge on any atom is 0.338 e. The molecule has 0 saturated carbocycles. The van der Waals surface area contributed by atoms with Gasteiger partial charge in [0.25, 0.3) is 0 Å². The van der Waals surface area contributed by atoms with Crippen molar-refractivity contribution in [2.45, 2.75) is 6.04 Å². The smallest absolute Gasteiger partial charge is 0.338 e. The number of esters is 1. The Morgan fingerprint density at radius 3 is 2.67 bits per heavy atom. The minimum atomic E-state index is -0.927. The number of carbonyl (C=O) groups is 1. The Morgan fingerprint density at radius 1 is 1.24 bits per heavy atom. The molecule has 0 aliphatic carbocycles. The van der Waals surface area contributed by atoms with E-state index < -0.39 is 29.5 Å². The van der Waals surface area contributed by atoms with Crippen molar-refractivity contribution in [3.63, 3.8) is 0 Å². The van der Waals surface area contributed by atoms with E-state index >= 15 is 0 Å². The molecule has 0 spiro atoms. The second-order valence-corrected chi connectivity index (χ2v) is 9.51. The lowest BCUT2D eigenvalue weighted by Crippen LogP contribution is -2.42. The number of aromatic nitrogens is 1.